The van der Waals surface area contributed by atoms with E-state index in [-0.39, 0.29) is 11.6 Å². The number of ether oxygens (including phenoxy) is 1. The maximum atomic E-state index is 12.0. The number of nitrogens with zero attached hydrogens (tertiary/aromatic N) is 2. The highest BCUT2D eigenvalue weighted by Crippen LogP contribution is 2.42. The average Bonchev–Trinajstić information content (AvgIpc) is 2.80. The first-order chi connectivity index (χ1) is 15.1. The molecule has 0 aliphatic carbocycles. The van der Waals surface area contributed by atoms with Crippen LogP contribution >= 0.6 is 11.6 Å². The van der Waals surface area contributed by atoms with Gasteiger partial charge in [0.1, 0.15) is 11.4 Å². The summed E-state index contributed by atoms with van der Waals surface area (Å²) in [5.74, 6) is 0.930. The molecule has 2 amide bonds. The van der Waals surface area contributed by atoms with E-state index in [9.17, 15) is 4.79 Å². The Bertz CT molecular complexity index is 1140. The van der Waals surface area contributed by atoms with Crippen molar-refractivity contribution >= 4 is 28.5 Å². The molecule has 5 rings (SSSR count). The first kappa shape index (κ1) is 20.1. The molecule has 3 heterocycles. The highest BCUT2D eigenvalue weighted by Gasteiger charge is 2.40. The number of aryl methyl sites for hydroxylation is 1. The van der Waals surface area contributed by atoms with Gasteiger partial charge in [-0.1, -0.05) is 35.9 Å². The quantitative estimate of drug-likeness (QED) is 0.574. The standard InChI is InChI=1S/C24H24ClN3O3/c1-30-27-23(29)28-13-10-24(11-14-28)9-8-18-15-17(5-7-20(18)31-24)19-6-4-16-3-2-12-26-22(16)21(19)25/h2-7,12,15H,8-11,13-14H2,1H3,(H,27,29). The minimum atomic E-state index is -0.205. The summed E-state index contributed by atoms with van der Waals surface area (Å²) >= 11 is 6.70. The molecule has 2 aliphatic rings. The number of benzene rings is 2. The van der Waals surface area contributed by atoms with Gasteiger partial charge in [0.05, 0.1) is 17.6 Å². The molecule has 0 unspecified atom stereocenters. The molecule has 0 bridgehead atoms. The van der Waals surface area contributed by atoms with Crippen molar-refractivity contribution < 1.29 is 14.4 Å². The molecule has 7 heteroatoms. The van der Waals surface area contributed by atoms with Gasteiger partial charge in [0.25, 0.3) is 0 Å². The number of urea groups is 1. The van der Waals surface area contributed by atoms with E-state index >= 15 is 0 Å². The molecule has 1 aromatic heterocycles. The van der Waals surface area contributed by atoms with Gasteiger partial charge in [0.15, 0.2) is 0 Å². The van der Waals surface area contributed by atoms with E-state index in [1.165, 1.54) is 12.7 Å². The SMILES string of the molecule is CONC(=O)N1CCC2(CCc3cc(-c4ccc5cccnc5c4Cl)ccc3O2)CC1. The van der Waals surface area contributed by atoms with Crippen LogP contribution in [0.3, 0.4) is 0 Å². The van der Waals surface area contributed by atoms with E-state index in [0.29, 0.717) is 18.1 Å². The second kappa shape index (κ2) is 8.02. The third kappa shape index (κ3) is 3.70. The van der Waals surface area contributed by atoms with Crippen LogP contribution in [-0.4, -0.2) is 41.7 Å². The van der Waals surface area contributed by atoms with Gasteiger partial charge in [0, 0.05) is 43.1 Å². The van der Waals surface area contributed by atoms with Gasteiger partial charge in [-0.3, -0.25) is 9.82 Å². The van der Waals surface area contributed by atoms with E-state index in [1.807, 2.05) is 12.1 Å². The monoisotopic (exact) mass is 437 g/mol. The highest BCUT2D eigenvalue weighted by atomic mass is 35.5. The van der Waals surface area contributed by atoms with Crippen LogP contribution < -0.4 is 10.2 Å². The Hall–Kier alpha value is -2.83. The van der Waals surface area contributed by atoms with Crippen LogP contribution in [0.25, 0.3) is 22.0 Å². The lowest BCUT2D eigenvalue weighted by molar-refractivity contribution is -0.0107. The summed E-state index contributed by atoms with van der Waals surface area (Å²) in [6.45, 7) is 1.31. The average molecular weight is 438 g/mol. The van der Waals surface area contributed by atoms with Crippen molar-refractivity contribution in [3.63, 3.8) is 0 Å². The summed E-state index contributed by atoms with van der Waals surface area (Å²) in [6.07, 6.45) is 5.27. The highest BCUT2D eigenvalue weighted by molar-refractivity contribution is 6.37. The molecule has 0 saturated carbocycles. The number of nitrogens with one attached hydrogen (secondary N) is 1. The van der Waals surface area contributed by atoms with Crippen molar-refractivity contribution in [2.24, 2.45) is 0 Å². The predicted molar refractivity (Wildman–Crippen MR) is 120 cm³/mol. The van der Waals surface area contributed by atoms with Crippen molar-refractivity contribution in [1.82, 2.24) is 15.4 Å². The lowest BCUT2D eigenvalue weighted by atomic mass is 9.82. The molecule has 1 fully saturated rings. The van der Waals surface area contributed by atoms with Crippen LogP contribution in [0.1, 0.15) is 24.8 Å². The number of likely N-dealkylation sites (tertiary alicyclic amines) is 1. The molecular weight excluding hydrogens is 414 g/mol. The molecular formula is C24H24ClN3O3. The van der Waals surface area contributed by atoms with Crippen LogP contribution in [0.15, 0.2) is 48.7 Å². The van der Waals surface area contributed by atoms with Gasteiger partial charge in [-0.25, -0.2) is 10.3 Å². The molecule has 0 radical (unpaired) electrons. The fourth-order valence-electron chi connectivity index (χ4n) is 4.64. The topological polar surface area (TPSA) is 63.7 Å². The zero-order chi connectivity index (χ0) is 21.4. The summed E-state index contributed by atoms with van der Waals surface area (Å²) in [5, 5.41) is 1.71. The molecule has 31 heavy (non-hydrogen) atoms. The molecule has 3 aromatic rings. The summed E-state index contributed by atoms with van der Waals surface area (Å²) in [7, 11) is 1.44. The van der Waals surface area contributed by atoms with Crippen LogP contribution in [0.5, 0.6) is 5.75 Å². The van der Waals surface area contributed by atoms with E-state index in [1.54, 1.807) is 11.1 Å². The third-order valence-electron chi connectivity index (χ3n) is 6.41. The number of rotatable bonds is 2. The molecule has 2 aromatic carbocycles. The Morgan fingerprint density at radius 1 is 1.19 bits per heavy atom. The number of hydrogen-bond acceptors (Lipinski definition) is 4. The molecule has 6 nitrogen and oxygen atoms in total. The number of aromatic nitrogens is 1. The number of carbonyl (C=O) groups is 1. The van der Waals surface area contributed by atoms with Crippen LogP contribution in [0.4, 0.5) is 4.79 Å². The predicted octanol–water partition coefficient (Wildman–Crippen LogP) is 4.99. The third-order valence-corrected chi connectivity index (χ3v) is 6.79. The molecule has 1 N–H and O–H groups in total. The van der Waals surface area contributed by atoms with Crippen molar-refractivity contribution in [2.45, 2.75) is 31.3 Å². The molecule has 0 atom stereocenters. The number of pyridine rings is 1. The van der Waals surface area contributed by atoms with Gasteiger partial charge in [-0.15, -0.1) is 0 Å². The zero-order valence-electron chi connectivity index (χ0n) is 17.4. The summed E-state index contributed by atoms with van der Waals surface area (Å²) in [6, 6.07) is 14.1. The Balaban J connectivity index is 1.36. The second-order valence-corrected chi connectivity index (χ2v) is 8.59. The summed E-state index contributed by atoms with van der Waals surface area (Å²) in [4.78, 5) is 22.9. The first-order valence-corrected chi connectivity index (χ1v) is 10.9. The Kier molecular flexibility index (Phi) is 5.20. The largest absolute Gasteiger partial charge is 0.487 e. The smallest absolute Gasteiger partial charge is 0.341 e. The Labute approximate surface area is 186 Å². The molecule has 160 valence electrons. The van der Waals surface area contributed by atoms with Crippen molar-refractivity contribution in [3.05, 3.63) is 59.2 Å². The first-order valence-electron chi connectivity index (χ1n) is 10.5. The van der Waals surface area contributed by atoms with Gasteiger partial charge in [-0.05, 0) is 42.2 Å². The number of amides is 2. The summed E-state index contributed by atoms with van der Waals surface area (Å²) in [5.41, 5.74) is 6.25. The number of carbonyl (C=O) groups excluding carboxylic acids is 1. The zero-order valence-corrected chi connectivity index (χ0v) is 18.1. The molecule has 1 spiro atoms. The Morgan fingerprint density at radius 3 is 2.84 bits per heavy atom. The van der Waals surface area contributed by atoms with E-state index in [0.717, 1.165) is 53.5 Å². The summed E-state index contributed by atoms with van der Waals surface area (Å²) < 4.78 is 6.50. The minimum absolute atomic E-state index is 0.194. The van der Waals surface area contributed by atoms with Gasteiger partial charge >= 0.3 is 6.03 Å². The molecule has 2 aliphatic heterocycles. The number of hydrogen-bond donors (Lipinski definition) is 1. The number of halogens is 1. The normalized spacial score (nSPS) is 17.3. The van der Waals surface area contributed by atoms with E-state index in [4.69, 9.17) is 21.2 Å². The number of fused-ring (bicyclic) bond motifs is 2. The van der Waals surface area contributed by atoms with Crippen LogP contribution in [0, 0.1) is 0 Å². The fourth-order valence-corrected chi connectivity index (χ4v) is 4.97. The number of piperidine rings is 1. The lowest BCUT2D eigenvalue weighted by Crippen LogP contribution is -2.53. The van der Waals surface area contributed by atoms with Crippen LogP contribution in [0.2, 0.25) is 5.02 Å². The van der Waals surface area contributed by atoms with Crippen LogP contribution in [-0.2, 0) is 11.3 Å². The van der Waals surface area contributed by atoms with Gasteiger partial charge in [0.2, 0.25) is 0 Å². The fraction of sp³-hybridized carbons (Fsp3) is 0.333. The Morgan fingerprint density at radius 2 is 2.03 bits per heavy atom. The van der Waals surface area contributed by atoms with Gasteiger partial charge < -0.3 is 9.64 Å². The van der Waals surface area contributed by atoms with Crippen molar-refractivity contribution in [2.75, 3.05) is 20.2 Å². The van der Waals surface area contributed by atoms with Crippen molar-refractivity contribution in [1.29, 1.82) is 0 Å². The minimum Gasteiger partial charge on any atom is -0.487 e. The van der Waals surface area contributed by atoms with E-state index in [2.05, 4.69) is 40.8 Å². The maximum absolute atomic E-state index is 12.0. The lowest BCUT2D eigenvalue weighted by Gasteiger charge is -2.44. The van der Waals surface area contributed by atoms with E-state index < -0.39 is 0 Å². The maximum Gasteiger partial charge on any atom is 0.341 e. The second-order valence-electron chi connectivity index (χ2n) is 8.21. The van der Waals surface area contributed by atoms with Gasteiger partial charge in [-0.2, -0.15) is 0 Å². The molecule has 1 saturated heterocycles. The van der Waals surface area contributed by atoms with Crippen molar-refractivity contribution in [3.8, 4) is 16.9 Å². The number of hydroxylamine groups is 1.